The van der Waals surface area contributed by atoms with Crippen LogP contribution in [0.4, 0.5) is 10.5 Å². The van der Waals surface area contributed by atoms with Crippen molar-refractivity contribution in [1.29, 1.82) is 0 Å². The van der Waals surface area contributed by atoms with Crippen LogP contribution in [-0.2, 0) is 45.7 Å². The van der Waals surface area contributed by atoms with Crippen molar-refractivity contribution in [2.45, 2.75) is 81.8 Å². The van der Waals surface area contributed by atoms with Gasteiger partial charge >= 0.3 is 12.1 Å². The predicted molar refractivity (Wildman–Crippen MR) is 188 cm³/mol. The van der Waals surface area contributed by atoms with E-state index in [2.05, 4.69) is 15.7 Å². The number of carbonyl (C=O) groups is 3. The number of sulfonamides is 1. The number of hydrogen-bond donors (Lipinski definition) is 1. The third kappa shape index (κ3) is 8.48. The van der Waals surface area contributed by atoms with Crippen LogP contribution in [0.2, 0.25) is 5.02 Å². The number of likely N-dealkylation sites (N-methyl/N-ethyl adjacent to an activating group) is 1. The minimum Gasteiger partial charge on any atom is -0.490 e. The molecule has 5 rings (SSSR count). The van der Waals surface area contributed by atoms with Crippen molar-refractivity contribution in [2.24, 2.45) is 11.8 Å². The van der Waals surface area contributed by atoms with E-state index in [0.29, 0.717) is 42.8 Å². The Hall–Kier alpha value is -3.55. The van der Waals surface area contributed by atoms with Crippen LogP contribution in [0.5, 0.6) is 5.75 Å². The Kier molecular flexibility index (Phi) is 11.3. The fourth-order valence-electron chi connectivity index (χ4n) is 6.94. The molecule has 1 aliphatic heterocycles. The van der Waals surface area contributed by atoms with Crippen molar-refractivity contribution in [2.75, 3.05) is 52.0 Å². The van der Waals surface area contributed by atoms with Crippen LogP contribution in [0.1, 0.15) is 64.5 Å². The smallest absolute Gasteiger partial charge is 0.410 e. The second kappa shape index (κ2) is 15.0. The molecule has 2 aromatic rings. The number of carbonyl (C=O) groups excluding carboxylic acids is 3. The highest BCUT2D eigenvalue weighted by molar-refractivity contribution is 7.90. The number of halogens is 1. The van der Waals surface area contributed by atoms with E-state index in [4.69, 9.17) is 30.5 Å². The molecule has 1 spiro atoms. The van der Waals surface area contributed by atoms with Gasteiger partial charge in [0.15, 0.2) is 0 Å². The maximum Gasteiger partial charge on any atom is 0.410 e. The zero-order valence-corrected chi connectivity index (χ0v) is 31.2. The number of hydrogen-bond acceptors (Lipinski definition) is 10. The Morgan fingerprint density at radius 1 is 1.14 bits per heavy atom. The molecular weight excluding hydrogens is 686 g/mol. The van der Waals surface area contributed by atoms with E-state index in [9.17, 15) is 22.8 Å². The van der Waals surface area contributed by atoms with E-state index in [1.54, 1.807) is 32.9 Å². The molecule has 2 aliphatic carbocycles. The number of esters is 1. The molecule has 4 atom stereocenters. The molecule has 12 nitrogen and oxygen atoms in total. The van der Waals surface area contributed by atoms with Gasteiger partial charge in [-0.1, -0.05) is 17.7 Å². The van der Waals surface area contributed by atoms with Gasteiger partial charge in [0.25, 0.3) is 15.9 Å². The molecule has 1 saturated carbocycles. The molecule has 1 heterocycles. The summed E-state index contributed by atoms with van der Waals surface area (Å²) >= 11 is 6.40. The Balaban J connectivity index is 1.42. The molecule has 274 valence electrons. The number of aryl methyl sites for hydroxylation is 1. The number of methoxy groups -OCH3 is 1. The van der Waals surface area contributed by atoms with Crippen molar-refractivity contribution in [1.82, 2.24) is 9.62 Å². The van der Waals surface area contributed by atoms with Crippen LogP contribution in [0.25, 0.3) is 0 Å². The van der Waals surface area contributed by atoms with E-state index in [1.807, 2.05) is 12.1 Å². The monoisotopic (exact) mass is 733 g/mol. The molecule has 0 bridgehead atoms. The SMILES string of the molecule is COC(=O)COC[C@@H]1CC[C@H]1CN1C[C@@]2(CCCc3cc(Cl)ccc32)COc2ccc(S(=O)(=O)NC(=O)C(C)N(C)C(=O)OC(C)(C)C)cc21. The molecule has 0 radical (unpaired) electrons. The van der Waals surface area contributed by atoms with E-state index in [1.165, 1.54) is 38.3 Å². The summed E-state index contributed by atoms with van der Waals surface area (Å²) in [5.41, 5.74) is 1.82. The summed E-state index contributed by atoms with van der Waals surface area (Å²) < 4.78 is 51.7. The summed E-state index contributed by atoms with van der Waals surface area (Å²) in [6.07, 6.45) is 3.90. The van der Waals surface area contributed by atoms with Crippen LogP contribution >= 0.6 is 11.6 Å². The Bertz CT molecular complexity index is 1710. The second-order valence-electron chi connectivity index (χ2n) is 14.7. The van der Waals surface area contributed by atoms with E-state index in [-0.39, 0.29) is 28.8 Å². The molecule has 3 aliphatic rings. The molecule has 1 N–H and O–H groups in total. The summed E-state index contributed by atoms with van der Waals surface area (Å²) in [7, 11) is -1.64. The maximum absolute atomic E-state index is 13.7. The van der Waals surface area contributed by atoms with Gasteiger partial charge in [-0.2, -0.15) is 0 Å². The van der Waals surface area contributed by atoms with E-state index < -0.39 is 39.6 Å². The Labute approximate surface area is 299 Å². The van der Waals surface area contributed by atoms with E-state index in [0.717, 1.165) is 37.0 Å². The lowest BCUT2D eigenvalue weighted by molar-refractivity contribution is -0.147. The summed E-state index contributed by atoms with van der Waals surface area (Å²) in [5.74, 6) is -0.307. The summed E-state index contributed by atoms with van der Waals surface area (Å²) in [4.78, 5) is 40.5. The highest BCUT2D eigenvalue weighted by Gasteiger charge is 2.44. The first-order valence-corrected chi connectivity index (χ1v) is 18.9. The normalized spacial score (nSPS) is 22.2. The molecule has 2 amide bonds. The quantitative estimate of drug-likeness (QED) is 0.329. The predicted octanol–water partition coefficient (Wildman–Crippen LogP) is 5.09. The van der Waals surface area contributed by atoms with Gasteiger partial charge in [0.1, 0.15) is 24.0 Å². The number of rotatable bonds is 10. The zero-order valence-electron chi connectivity index (χ0n) is 29.6. The standard InChI is InChI=1S/C36H48ClN3O9S/c1-23(39(5)34(43)49-35(2,3)4)33(42)38-50(44,45)28-12-14-31-30(17-28)40(18-25-9-10-26(25)19-47-20-32(41)46-6)21-36(22-48-31)15-7-8-24-16-27(37)11-13-29(24)36/h11-14,16-17,23,25-26H,7-10,15,18-22H2,1-6H3,(H,38,42)/t23?,25-,26-,36-/m0/s1. The van der Waals surface area contributed by atoms with Gasteiger partial charge in [-0.15, -0.1) is 0 Å². The minimum atomic E-state index is -4.35. The van der Waals surface area contributed by atoms with Gasteiger partial charge < -0.3 is 23.8 Å². The fourth-order valence-corrected chi connectivity index (χ4v) is 8.20. The lowest BCUT2D eigenvalue weighted by Gasteiger charge is -2.44. The highest BCUT2D eigenvalue weighted by atomic mass is 35.5. The number of nitrogens with zero attached hydrogens (tertiary/aromatic N) is 2. The average molecular weight is 734 g/mol. The first-order chi connectivity index (χ1) is 23.5. The molecule has 2 aromatic carbocycles. The number of benzene rings is 2. The molecule has 1 unspecified atom stereocenters. The van der Waals surface area contributed by atoms with Gasteiger partial charge in [-0.05, 0) is 113 Å². The third-order valence-corrected chi connectivity index (χ3v) is 11.6. The van der Waals surface area contributed by atoms with Crippen molar-refractivity contribution in [3.8, 4) is 5.75 Å². The first kappa shape index (κ1) is 37.7. The molecule has 14 heteroatoms. The zero-order chi connectivity index (χ0) is 36.4. The maximum atomic E-state index is 13.7. The minimum absolute atomic E-state index is 0.108. The van der Waals surface area contributed by atoms with Crippen LogP contribution < -0.4 is 14.4 Å². The number of anilines is 1. The van der Waals surface area contributed by atoms with E-state index >= 15 is 0 Å². The lowest BCUT2D eigenvalue weighted by atomic mass is 9.69. The summed E-state index contributed by atoms with van der Waals surface area (Å²) in [5, 5.41) is 0.684. The molecular formula is C36H48ClN3O9S. The van der Waals surface area contributed by atoms with Gasteiger partial charge in [0, 0.05) is 30.6 Å². The van der Waals surface area contributed by atoms with Gasteiger partial charge in [-0.3, -0.25) is 9.69 Å². The molecule has 1 fully saturated rings. The highest BCUT2D eigenvalue weighted by Crippen LogP contribution is 2.46. The number of amides is 2. The van der Waals surface area contributed by atoms with Crippen LogP contribution in [0.15, 0.2) is 41.3 Å². The van der Waals surface area contributed by atoms with Crippen molar-refractivity contribution in [3.05, 3.63) is 52.5 Å². The largest absolute Gasteiger partial charge is 0.490 e. The molecule has 0 saturated heterocycles. The van der Waals surface area contributed by atoms with Crippen LogP contribution in [0.3, 0.4) is 0 Å². The molecule has 0 aromatic heterocycles. The summed E-state index contributed by atoms with van der Waals surface area (Å²) in [6, 6.07) is 9.51. The number of nitrogens with one attached hydrogen (secondary N) is 1. The van der Waals surface area contributed by atoms with Crippen molar-refractivity contribution >= 4 is 45.3 Å². The van der Waals surface area contributed by atoms with Crippen molar-refractivity contribution in [3.63, 3.8) is 0 Å². The average Bonchev–Trinajstić information content (AvgIpc) is 3.19. The third-order valence-electron chi connectivity index (χ3n) is 10.0. The first-order valence-electron chi connectivity index (χ1n) is 17.0. The van der Waals surface area contributed by atoms with Gasteiger partial charge in [-0.25, -0.2) is 22.7 Å². The second-order valence-corrected chi connectivity index (χ2v) is 16.8. The Morgan fingerprint density at radius 2 is 1.88 bits per heavy atom. The van der Waals surface area contributed by atoms with Crippen LogP contribution in [0, 0.1) is 11.8 Å². The van der Waals surface area contributed by atoms with Gasteiger partial charge in [0.2, 0.25) is 0 Å². The topological polar surface area (TPSA) is 141 Å². The Morgan fingerprint density at radius 3 is 2.56 bits per heavy atom. The fraction of sp³-hybridized carbons (Fsp3) is 0.583. The van der Waals surface area contributed by atoms with Crippen molar-refractivity contribution < 1.29 is 41.7 Å². The molecule has 50 heavy (non-hydrogen) atoms. The number of ether oxygens (including phenoxy) is 4. The van der Waals surface area contributed by atoms with Crippen LogP contribution in [-0.4, -0.2) is 90.0 Å². The number of fused-ring (bicyclic) bond motifs is 3. The summed E-state index contributed by atoms with van der Waals surface area (Å²) in [6.45, 7) is 8.44. The lowest BCUT2D eigenvalue weighted by Crippen LogP contribution is -2.49. The van der Waals surface area contributed by atoms with Gasteiger partial charge in [0.05, 0.1) is 30.9 Å².